The van der Waals surface area contributed by atoms with Crippen LogP contribution in [0.3, 0.4) is 0 Å². The molecule has 0 bridgehead atoms. The maximum atomic E-state index is 12.9. The van der Waals surface area contributed by atoms with E-state index in [1.165, 1.54) is 23.1 Å². The molecule has 0 saturated carbocycles. The topological polar surface area (TPSA) is 66.8 Å². The molecular formula is C26H20F3NO4. The number of anilines is 1. The summed E-state index contributed by atoms with van der Waals surface area (Å²) in [7, 11) is 0. The zero-order chi connectivity index (χ0) is 24.3. The van der Waals surface area contributed by atoms with Crippen molar-refractivity contribution in [3.63, 3.8) is 0 Å². The van der Waals surface area contributed by atoms with E-state index in [1.54, 1.807) is 24.3 Å². The Morgan fingerprint density at radius 2 is 1.79 bits per heavy atom. The average Bonchev–Trinajstić information content (AvgIpc) is 3.15. The molecule has 1 aliphatic rings. The zero-order valence-corrected chi connectivity index (χ0v) is 17.9. The summed E-state index contributed by atoms with van der Waals surface area (Å²) in [5, 5.41) is 8.76. The molecule has 0 saturated heterocycles. The number of aliphatic carboxylic acids is 1. The molecule has 0 aromatic heterocycles. The van der Waals surface area contributed by atoms with Gasteiger partial charge in [-0.25, -0.2) is 4.79 Å². The summed E-state index contributed by atoms with van der Waals surface area (Å²) in [5.74, 6) is -0.771. The molecule has 174 valence electrons. The summed E-state index contributed by atoms with van der Waals surface area (Å²) in [5.41, 5.74) is 2.47. The SMILES string of the molecule is O=C(O)/C=C/c1cccc(CCOc2cccc3c2CN(c2ccc(C(F)(F)F)cc2)C3=O)c1. The number of carbonyl (C=O) groups excluding carboxylic acids is 1. The summed E-state index contributed by atoms with van der Waals surface area (Å²) in [6.07, 6.45) is -1.29. The molecule has 3 aromatic carbocycles. The number of ether oxygens (including phenoxy) is 1. The van der Waals surface area contributed by atoms with Crippen LogP contribution in [0.2, 0.25) is 0 Å². The molecule has 0 fully saturated rings. The van der Waals surface area contributed by atoms with Crippen LogP contribution in [0.4, 0.5) is 18.9 Å². The van der Waals surface area contributed by atoms with Crippen molar-refractivity contribution in [1.82, 2.24) is 0 Å². The third-order valence-electron chi connectivity index (χ3n) is 5.45. The van der Waals surface area contributed by atoms with Crippen molar-refractivity contribution in [1.29, 1.82) is 0 Å². The van der Waals surface area contributed by atoms with Crippen molar-refractivity contribution < 1.29 is 32.6 Å². The number of hydrogen-bond donors (Lipinski definition) is 1. The number of carboxylic acids is 1. The third kappa shape index (κ3) is 5.11. The van der Waals surface area contributed by atoms with Gasteiger partial charge in [0.1, 0.15) is 5.75 Å². The number of rotatable bonds is 7. The van der Waals surface area contributed by atoms with Gasteiger partial charge in [-0.2, -0.15) is 13.2 Å². The van der Waals surface area contributed by atoms with Gasteiger partial charge in [0, 0.05) is 29.3 Å². The Hall–Kier alpha value is -4.07. The summed E-state index contributed by atoms with van der Waals surface area (Å²) in [6, 6.07) is 17.1. The van der Waals surface area contributed by atoms with E-state index in [-0.39, 0.29) is 12.5 Å². The number of halogens is 3. The molecule has 0 radical (unpaired) electrons. The molecule has 5 nitrogen and oxygen atoms in total. The number of benzene rings is 3. The second-order valence-corrected chi connectivity index (χ2v) is 7.73. The van der Waals surface area contributed by atoms with Crippen LogP contribution in [-0.2, 0) is 23.9 Å². The molecule has 3 aromatic rings. The summed E-state index contributed by atoms with van der Waals surface area (Å²) in [4.78, 5) is 25.0. The van der Waals surface area contributed by atoms with Gasteiger partial charge in [-0.05, 0) is 53.6 Å². The molecule has 0 unspecified atom stereocenters. The fourth-order valence-electron chi connectivity index (χ4n) is 3.78. The van der Waals surface area contributed by atoms with Crippen molar-refractivity contribution in [2.45, 2.75) is 19.1 Å². The predicted molar refractivity (Wildman–Crippen MR) is 121 cm³/mol. The third-order valence-corrected chi connectivity index (χ3v) is 5.45. The van der Waals surface area contributed by atoms with Gasteiger partial charge in [-0.15, -0.1) is 0 Å². The first-order valence-corrected chi connectivity index (χ1v) is 10.5. The first-order chi connectivity index (χ1) is 16.2. The fourth-order valence-corrected chi connectivity index (χ4v) is 3.78. The van der Waals surface area contributed by atoms with Gasteiger partial charge < -0.3 is 14.7 Å². The van der Waals surface area contributed by atoms with Crippen molar-refractivity contribution in [3.05, 3.63) is 101 Å². The minimum absolute atomic E-state index is 0.200. The maximum absolute atomic E-state index is 12.9. The van der Waals surface area contributed by atoms with Crippen molar-refractivity contribution in [2.24, 2.45) is 0 Å². The number of carbonyl (C=O) groups is 2. The molecule has 0 atom stereocenters. The number of nitrogens with zero attached hydrogens (tertiary/aromatic N) is 1. The van der Waals surface area contributed by atoms with Crippen molar-refractivity contribution >= 4 is 23.6 Å². The summed E-state index contributed by atoms with van der Waals surface area (Å²) < 4.78 is 44.5. The molecule has 8 heteroatoms. The van der Waals surface area contributed by atoms with Gasteiger partial charge in [0.2, 0.25) is 0 Å². The minimum Gasteiger partial charge on any atom is -0.493 e. The van der Waals surface area contributed by atoms with E-state index in [9.17, 15) is 22.8 Å². The largest absolute Gasteiger partial charge is 0.493 e. The zero-order valence-electron chi connectivity index (χ0n) is 17.9. The Kier molecular flexibility index (Phi) is 6.40. The lowest BCUT2D eigenvalue weighted by Crippen LogP contribution is -2.23. The number of carboxylic acid groups (broad SMARTS) is 1. The van der Waals surface area contributed by atoms with Gasteiger partial charge >= 0.3 is 12.1 Å². The predicted octanol–water partition coefficient (Wildman–Crippen LogP) is 5.59. The van der Waals surface area contributed by atoms with Gasteiger partial charge in [-0.1, -0.05) is 30.3 Å². The van der Waals surface area contributed by atoms with E-state index < -0.39 is 17.7 Å². The molecule has 1 aliphatic heterocycles. The molecule has 0 spiro atoms. The fraction of sp³-hybridized carbons (Fsp3) is 0.154. The van der Waals surface area contributed by atoms with E-state index in [2.05, 4.69) is 0 Å². The van der Waals surface area contributed by atoms with Gasteiger partial charge in [-0.3, -0.25) is 4.79 Å². The first-order valence-electron chi connectivity index (χ1n) is 10.5. The van der Waals surface area contributed by atoms with Gasteiger partial charge in [0.05, 0.1) is 18.7 Å². The number of alkyl halides is 3. The number of amides is 1. The Balaban J connectivity index is 1.44. The van der Waals surface area contributed by atoms with E-state index in [0.29, 0.717) is 35.6 Å². The van der Waals surface area contributed by atoms with Gasteiger partial charge in [0.15, 0.2) is 0 Å². The molecule has 0 aliphatic carbocycles. The monoisotopic (exact) mass is 467 g/mol. The maximum Gasteiger partial charge on any atom is 0.416 e. The highest BCUT2D eigenvalue weighted by Crippen LogP contribution is 2.36. The van der Waals surface area contributed by atoms with Crippen molar-refractivity contribution in [2.75, 3.05) is 11.5 Å². The van der Waals surface area contributed by atoms with Crippen LogP contribution in [0.5, 0.6) is 5.75 Å². The second kappa shape index (κ2) is 9.43. The highest BCUT2D eigenvalue weighted by molar-refractivity contribution is 6.10. The average molecular weight is 467 g/mol. The summed E-state index contributed by atoms with van der Waals surface area (Å²) in [6.45, 7) is 0.530. The lowest BCUT2D eigenvalue weighted by Gasteiger charge is -2.17. The lowest BCUT2D eigenvalue weighted by molar-refractivity contribution is -0.137. The van der Waals surface area contributed by atoms with Crippen molar-refractivity contribution in [3.8, 4) is 5.75 Å². The number of hydrogen-bond acceptors (Lipinski definition) is 3. The van der Waals surface area contributed by atoms with E-state index in [1.807, 2.05) is 18.2 Å². The van der Waals surface area contributed by atoms with Crippen LogP contribution in [-0.4, -0.2) is 23.6 Å². The molecule has 34 heavy (non-hydrogen) atoms. The van der Waals surface area contributed by atoms with Crippen LogP contribution >= 0.6 is 0 Å². The van der Waals surface area contributed by atoms with Crippen LogP contribution in [0.1, 0.15) is 32.6 Å². The van der Waals surface area contributed by atoms with E-state index >= 15 is 0 Å². The van der Waals surface area contributed by atoms with E-state index in [0.717, 1.165) is 29.3 Å². The molecule has 1 amide bonds. The second-order valence-electron chi connectivity index (χ2n) is 7.73. The molecule has 1 N–H and O–H groups in total. The first kappa shape index (κ1) is 23.1. The Morgan fingerprint density at radius 1 is 1.06 bits per heavy atom. The molecule has 1 heterocycles. The smallest absolute Gasteiger partial charge is 0.416 e. The lowest BCUT2D eigenvalue weighted by atomic mass is 10.1. The Bertz CT molecular complexity index is 1250. The van der Waals surface area contributed by atoms with Crippen LogP contribution in [0.15, 0.2) is 72.8 Å². The van der Waals surface area contributed by atoms with Crippen LogP contribution < -0.4 is 9.64 Å². The Labute approximate surface area is 193 Å². The molecular weight excluding hydrogens is 447 g/mol. The highest BCUT2D eigenvalue weighted by Gasteiger charge is 2.33. The van der Waals surface area contributed by atoms with Crippen LogP contribution in [0.25, 0.3) is 6.08 Å². The summed E-state index contributed by atoms with van der Waals surface area (Å²) >= 11 is 0. The molecule has 4 rings (SSSR count). The quantitative estimate of drug-likeness (QED) is 0.461. The van der Waals surface area contributed by atoms with E-state index in [4.69, 9.17) is 9.84 Å². The number of fused-ring (bicyclic) bond motifs is 1. The Morgan fingerprint density at radius 3 is 2.50 bits per heavy atom. The minimum atomic E-state index is -4.44. The van der Waals surface area contributed by atoms with Gasteiger partial charge in [0.25, 0.3) is 5.91 Å². The normalized spacial score (nSPS) is 13.4. The van der Waals surface area contributed by atoms with Crippen LogP contribution in [0, 0.1) is 0 Å². The standard InChI is InChI=1S/C26H20F3NO4/c27-26(28,29)19-8-10-20(11-9-19)30-16-22-21(25(30)33)5-2-6-23(22)34-14-13-18-4-1-3-17(15-18)7-12-24(31)32/h1-12,15H,13-14,16H2,(H,31,32)/b12-7+. The highest BCUT2D eigenvalue weighted by atomic mass is 19.4.